The van der Waals surface area contributed by atoms with Crippen LogP contribution >= 0.6 is 0 Å². The van der Waals surface area contributed by atoms with Crippen molar-refractivity contribution in [2.75, 3.05) is 5.32 Å². The number of anilines is 1. The van der Waals surface area contributed by atoms with E-state index < -0.39 is 17.7 Å². The van der Waals surface area contributed by atoms with E-state index in [2.05, 4.69) is 5.32 Å². The van der Waals surface area contributed by atoms with Crippen LogP contribution in [0.15, 0.2) is 84.9 Å². The van der Waals surface area contributed by atoms with Crippen molar-refractivity contribution in [3.8, 4) is 0 Å². The second-order valence-electron chi connectivity index (χ2n) is 5.82. The first-order chi connectivity index (χ1) is 12.4. The lowest BCUT2D eigenvalue weighted by molar-refractivity contribution is -0.137. The number of hydrogen-bond acceptors (Lipinski definition) is 1. The molecular weight excluding hydrogens is 339 g/mol. The Morgan fingerprint density at radius 3 is 1.62 bits per heavy atom. The van der Waals surface area contributed by atoms with Crippen LogP contribution in [0, 0.1) is 0 Å². The number of benzene rings is 3. The first-order valence-corrected chi connectivity index (χ1v) is 8.03. The van der Waals surface area contributed by atoms with Crippen molar-refractivity contribution in [2.24, 2.45) is 0 Å². The first-order valence-electron chi connectivity index (χ1n) is 8.03. The number of rotatable bonds is 4. The molecule has 0 saturated heterocycles. The van der Waals surface area contributed by atoms with Gasteiger partial charge in [0.1, 0.15) is 0 Å². The Labute approximate surface area is 149 Å². The van der Waals surface area contributed by atoms with Crippen molar-refractivity contribution in [1.82, 2.24) is 0 Å². The molecule has 2 nitrogen and oxygen atoms in total. The average molecular weight is 355 g/mol. The summed E-state index contributed by atoms with van der Waals surface area (Å²) in [4.78, 5) is 12.9. The molecule has 3 rings (SSSR count). The fourth-order valence-electron chi connectivity index (χ4n) is 2.74. The topological polar surface area (TPSA) is 29.1 Å². The number of amides is 1. The number of hydrogen-bond donors (Lipinski definition) is 1. The van der Waals surface area contributed by atoms with Crippen molar-refractivity contribution in [2.45, 2.75) is 12.1 Å². The van der Waals surface area contributed by atoms with Crippen LogP contribution in [0.5, 0.6) is 0 Å². The standard InChI is InChI=1S/C21H16F3NO/c22-21(23,24)17-11-13-18(14-12-17)25-20(26)19(15-7-3-1-4-8-15)16-9-5-2-6-10-16/h1-14,19H,(H,25,26). The summed E-state index contributed by atoms with van der Waals surface area (Å²) in [5.41, 5.74) is 1.18. The van der Waals surface area contributed by atoms with Gasteiger partial charge in [0.25, 0.3) is 0 Å². The molecule has 0 aliphatic heterocycles. The third-order valence-electron chi connectivity index (χ3n) is 4.01. The van der Waals surface area contributed by atoms with Gasteiger partial charge in [-0.15, -0.1) is 0 Å². The molecule has 0 aromatic heterocycles. The highest BCUT2D eigenvalue weighted by atomic mass is 19.4. The molecule has 0 radical (unpaired) electrons. The molecule has 0 unspecified atom stereocenters. The Morgan fingerprint density at radius 1 is 0.731 bits per heavy atom. The lowest BCUT2D eigenvalue weighted by atomic mass is 9.90. The van der Waals surface area contributed by atoms with Gasteiger partial charge in [-0.1, -0.05) is 60.7 Å². The van der Waals surface area contributed by atoms with Gasteiger partial charge < -0.3 is 5.32 Å². The largest absolute Gasteiger partial charge is 0.416 e. The SMILES string of the molecule is O=C(Nc1ccc(C(F)(F)F)cc1)C(c1ccccc1)c1ccccc1. The molecule has 0 fully saturated rings. The van der Waals surface area contributed by atoms with Gasteiger partial charge in [0.05, 0.1) is 11.5 Å². The Morgan fingerprint density at radius 2 is 1.19 bits per heavy atom. The molecule has 3 aromatic rings. The Hall–Kier alpha value is -3.08. The maximum Gasteiger partial charge on any atom is 0.416 e. The number of carbonyl (C=O) groups excluding carboxylic acids is 1. The van der Waals surface area contributed by atoms with E-state index in [0.717, 1.165) is 23.3 Å². The molecular formula is C21H16F3NO. The minimum Gasteiger partial charge on any atom is -0.325 e. The minimum atomic E-state index is -4.40. The summed E-state index contributed by atoms with van der Waals surface area (Å²) < 4.78 is 38.0. The van der Waals surface area contributed by atoms with Crippen LogP contribution in [0.25, 0.3) is 0 Å². The zero-order valence-electron chi connectivity index (χ0n) is 13.7. The maximum atomic E-state index is 12.9. The molecule has 0 aliphatic carbocycles. The molecule has 0 aliphatic rings. The monoisotopic (exact) mass is 355 g/mol. The van der Waals surface area contributed by atoms with Crippen LogP contribution in [-0.2, 0) is 11.0 Å². The Kier molecular flexibility index (Phi) is 5.07. The Balaban J connectivity index is 1.87. The van der Waals surface area contributed by atoms with Crippen LogP contribution in [-0.4, -0.2) is 5.91 Å². The highest BCUT2D eigenvalue weighted by molar-refractivity contribution is 5.98. The van der Waals surface area contributed by atoms with E-state index >= 15 is 0 Å². The molecule has 26 heavy (non-hydrogen) atoms. The highest BCUT2D eigenvalue weighted by Crippen LogP contribution is 2.30. The lowest BCUT2D eigenvalue weighted by Gasteiger charge is -2.18. The van der Waals surface area contributed by atoms with Gasteiger partial charge in [-0.25, -0.2) is 0 Å². The van der Waals surface area contributed by atoms with Gasteiger partial charge >= 0.3 is 6.18 Å². The van der Waals surface area contributed by atoms with Gasteiger partial charge in [-0.2, -0.15) is 13.2 Å². The predicted octanol–water partition coefficient (Wildman–Crippen LogP) is 5.48. The second kappa shape index (κ2) is 7.44. The smallest absolute Gasteiger partial charge is 0.325 e. The van der Waals surface area contributed by atoms with Crippen LogP contribution in [0.1, 0.15) is 22.6 Å². The summed E-state index contributed by atoms with van der Waals surface area (Å²) in [5, 5.41) is 2.71. The van der Waals surface area contributed by atoms with E-state index in [0.29, 0.717) is 5.69 Å². The van der Waals surface area contributed by atoms with E-state index in [-0.39, 0.29) is 5.91 Å². The van der Waals surface area contributed by atoms with Gasteiger partial charge in [0, 0.05) is 5.69 Å². The van der Waals surface area contributed by atoms with Gasteiger partial charge in [-0.05, 0) is 35.4 Å². The van der Waals surface area contributed by atoms with E-state index in [1.54, 1.807) is 0 Å². The fraction of sp³-hybridized carbons (Fsp3) is 0.0952. The van der Waals surface area contributed by atoms with Gasteiger partial charge in [-0.3, -0.25) is 4.79 Å². The van der Waals surface area contributed by atoms with Gasteiger partial charge in [0.2, 0.25) is 5.91 Å². The van der Waals surface area contributed by atoms with Crippen LogP contribution < -0.4 is 5.32 Å². The van der Waals surface area contributed by atoms with Gasteiger partial charge in [0.15, 0.2) is 0 Å². The molecule has 0 atom stereocenters. The first kappa shape index (κ1) is 17.7. The highest BCUT2D eigenvalue weighted by Gasteiger charge is 2.30. The summed E-state index contributed by atoms with van der Waals surface area (Å²) in [6.45, 7) is 0. The second-order valence-corrected chi connectivity index (χ2v) is 5.82. The molecule has 0 saturated carbocycles. The fourth-order valence-corrected chi connectivity index (χ4v) is 2.74. The minimum absolute atomic E-state index is 0.304. The third kappa shape index (κ3) is 4.11. The predicted molar refractivity (Wildman–Crippen MR) is 94.8 cm³/mol. The van der Waals surface area contributed by atoms with Crippen LogP contribution in [0.4, 0.5) is 18.9 Å². The molecule has 132 valence electrons. The number of halogens is 3. The van der Waals surface area contributed by atoms with E-state index in [9.17, 15) is 18.0 Å². The molecule has 0 bridgehead atoms. The molecule has 5 heteroatoms. The summed E-state index contributed by atoms with van der Waals surface area (Å²) >= 11 is 0. The van der Waals surface area contributed by atoms with Crippen molar-refractivity contribution in [1.29, 1.82) is 0 Å². The normalized spacial score (nSPS) is 11.4. The summed E-state index contributed by atoms with van der Waals surface area (Å²) in [6, 6.07) is 22.9. The van der Waals surface area contributed by atoms with Crippen LogP contribution in [0.2, 0.25) is 0 Å². The quantitative estimate of drug-likeness (QED) is 0.660. The Bertz CT molecular complexity index is 820. The van der Waals surface area contributed by atoms with Crippen molar-refractivity contribution in [3.05, 3.63) is 102 Å². The van der Waals surface area contributed by atoms with E-state index in [1.165, 1.54) is 12.1 Å². The van der Waals surface area contributed by atoms with E-state index in [1.807, 2.05) is 60.7 Å². The summed E-state index contributed by atoms with van der Waals surface area (Å²) in [6.07, 6.45) is -4.40. The molecule has 0 heterocycles. The summed E-state index contributed by atoms with van der Waals surface area (Å²) in [5.74, 6) is -0.859. The maximum absolute atomic E-state index is 12.9. The number of carbonyl (C=O) groups is 1. The molecule has 1 N–H and O–H groups in total. The summed E-state index contributed by atoms with van der Waals surface area (Å²) in [7, 11) is 0. The number of alkyl halides is 3. The van der Waals surface area contributed by atoms with Crippen molar-refractivity contribution >= 4 is 11.6 Å². The lowest BCUT2D eigenvalue weighted by Crippen LogP contribution is -2.22. The number of nitrogens with one attached hydrogen (secondary N) is 1. The van der Waals surface area contributed by atoms with Crippen molar-refractivity contribution in [3.63, 3.8) is 0 Å². The molecule has 1 amide bonds. The third-order valence-corrected chi connectivity index (χ3v) is 4.01. The zero-order valence-corrected chi connectivity index (χ0v) is 13.7. The van der Waals surface area contributed by atoms with Crippen LogP contribution in [0.3, 0.4) is 0 Å². The molecule has 3 aromatic carbocycles. The average Bonchev–Trinajstić information content (AvgIpc) is 2.63. The van der Waals surface area contributed by atoms with E-state index in [4.69, 9.17) is 0 Å². The zero-order chi connectivity index (χ0) is 18.6. The molecule has 0 spiro atoms. The van der Waals surface area contributed by atoms with Crippen molar-refractivity contribution < 1.29 is 18.0 Å².